The Morgan fingerprint density at radius 1 is 1.00 bits per heavy atom. The molecule has 0 aliphatic carbocycles. The second kappa shape index (κ2) is 6.08. The summed E-state index contributed by atoms with van der Waals surface area (Å²) in [4.78, 5) is 10.9. The molecule has 2 heterocycles. The third kappa shape index (κ3) is 2.81. The monoisotopic (exact) mass is 320 g/mol. The van der Waals surface area contributed by atoms with Crippen LogP contribution in [0.1, 0.15) is 0 Å². The summed E-state index contributed by atoms with van der Waals surface area (Å²) < 4.78 is 10.7. The van der Waals surface area contributed by atoms with Crippen molar-refractivity contribution in [3.8, 4) is 11.5 Å². The maximum atomic E-state index is 5.39. The lowest BCUT2D eigenvalue weighted by Crippen LogP contribution is -2.12. The Bertz CT molecular complexity index is 855. The van der Waals surface area contributed by atoms with Crippen LogP contribution in [0.3, 0.4) is 0 Å². The number of ether oxygens (including phenoxy) is 2. The summed E-state index contributed by atoms with van der Waals surface area (Å²) in [7, 11) is 1.97. The zero-order chi connectivity index (χ0) is 16.4. The van der Waals surface area contributed by atoms with Gasteiger partial charge in [-0.05, 0) is 30.3 Å². The Morgan fingerprint density at radius 3 is 2.71 bits per heavy atom. The standard InChI is InChI=1S/C18H16N4O2/c1-22(14-5-3-2-4-6-14)17-9-10-19-18(21-17)20-13-7-8-15-16(11-13)24-12-23-15/h2-11H,12H2,1H3,(H,19,20,21). The van der Waals surface area contributed by atoms with E-state index in [1.54, 1.807) is 6.20 Å². The fraction of sp³-hybridized carbons (Fsp3) is 0.111. The van der Waals surface area contributed by atoms with Gasteiger partial charge in [0, 0.05) is 30.7 Å². The van der Waals surface area contributed by atoms with Crippen molar-refractivity contribution in [2.75, 3.05) is 24.1 Å². The number of hydrogen-bond acceptors (Lipinski definition) is 6. The van der Waals surface area contributed by atoms with Crippen LogP contribution in [0.2, 0.25) is 0 Å². The quantitative estimate of drug-likeness (QED) is 0.790. The van der Waals surface area contributed by atoms with E-state index in [0.29, 0.717) is 5.95 Å². The highest BCUT2D eigenvalue weighted by atomic mass is 16.7. The lowest BCUT2D eigenvalue weighted by atomic mass is 10.3. The van der Waals surface area contributed by atoms with E-state index in [1.165, 1.54) is 0 Å². The highest BCUT2D eigenvalue weighted by Gasteiger charge is 2.14. The van der Waals surface area contributed by atoms with Gasteiger partial charge in [0.2, 0.25) is 12.7 Å². The Hall–Kier alpha value is -3.28. The van der Waals surface area contributed by atoms with Gasteiger partial charge in [-0.3, -0.25) is 0 Å². The number of nitrogens with zero attached hydrogens (tertiary/aromatic N) is 3. The average Bonchev–Trinajstić information content (AvgIpc) is 3.10. The molecule has 6 heteroatoms. The number of hydrogen-bond donors (Lipinski definition) is 1. The molecule has 1 aliphatic rings. The highest BCUT2D eigenvalue weighted by Crippen LogP contribution is 2.34. The van der Waals surface area contributed by atoms with Gasteiger partial charge in [0.25, 0.3) is 0 Å². The van der Waals surface area contributed by atoms with E-state index >= 15 is 0 Å². The first-order valence-corrected chi connectivity index (χ1v) is 7.58. The summed E-state index contributed by atoms with van der Waals surface area (Å²) in [6.07, 6.45) is 1.73. The van der Waals surface area contributed by atoms with Gasteiger partial charge in [-0.2, -0.15) is 4.98 Å². The predicted molar refractivity (Wildman–Crippen MR) is 92.4 cm³/mol. The van der Waals surface area contributed by atoms with Crippen molar-refractivity contribution < 1.29 is 9.47 Å². The van der Waals surface area contributed by atoms with Crippen molar-refractivity contribution in [3.05, 3.63) is 60.8 Å². The Balaban J connectivity index is 1.57. The number of benzene rings is 2. The van der Waals surface area contributed by atoms with Crippen LogP contribution in [0.4, 0.5) is 23.1 Å². The Kier molecular flexibility index (Phi) is 3.63. The third-order valence-corrected chi connectivity index (χ3v) is 3.76. The van der Waals surface area contributed by atoms with Crippen LogP contribution in [0, 0.1) is 0 Å². The van der Waals surface area contributed by atoms with Crippen molar-refractivity contribution in [3.63, 3.8) is 0 Å². The molecule has 0 saturated heterocycles. The maximum absolute atomic E-state index is 5.39. The number of nitrogens with one attached hydrogen (secondary N) is 1. The molecule has 6 nitrogen and oxygen atoms in total. The van der Waals surface area contributed by atoms with Gasteiger partial charge in [-0.25, -0.2) is 4.98 Å². The molecular formula is C18H16N4O2. The number of rotatable bonds is 4. The first-order valence-electron chi connectivity index (χ1n) is 7.58. The van der Waals surface area contributed by atoms with Crippen LogP contribution in [-0.2, 0) is 0 Å². The minimum Gasteiger partial charge on any atom is -0.454 e. The summed E-state index contributed by atoms with van der Waals surface area (Å²) in [5, 5.41) is 3.20. The van der Waals surface area contributed by atoms with E-state index in [-0.39, 0.29) is 6.79 Å². The molecule has 0 radical (unpaired) electrons. The summed E-state index contributed by atoms with van der Waals surface area (Å²) in [6.45, 7) is 0.257. The molecule has 3 aromatic rings. The van der Waals surface area contributed by atoms with E-state index in [1.807, 2.05) is 66.5 Å². The molecule has 0 spiro atoms. The largest absolute Gasteiger partial charge is 0.454 e. The molecular weight excluding hydrogens is 304 g/mol. The third-order valence-electron chi connectivity index (χ3n) is 3.76. The smallest absolute Gasteiger partial charge is 0.231 e. The van der Waals surface area contributed by atoms with E-state index in [2.05, 4.69) is 15.3 Å². The predicted octanol–water partition coefficient (Wildman–Crippen LogP) is 3.72. The van der Waals surface area contributed by atoms with Crippen molar-refractivity contribution in [1.29, 1.82) is 0 Å². The van der Waals surface area contributed by atoms with Crippen molar-refractivity contribution >= 4 is 23.1 Å². The number of fused-ring (bicyclic) bond motifs is 1. The fourth-order valence-electron chi connectivity index (χ4n) is 2.48. The number of aromatic nitrogens is 2. The van der Waals surface area contributed by atoms with Crippen LogP contribution in [0.25, 0.3) is 0 Å². The SMILES string of the molecule is CN(c1ccccc1)c1ccnc(Nc2ccc3c(c2)OCO3)n1. The number of para-hydroxylation sites is 1. The molecule has 0 fully saturated rings. The second-order valence-electron chi connectivity index (χ2n) is 5.33. The lowest BCUT2D eigenvalue weighted by molar-refractivity contribution is 0.174. The first-order chi connectivity index (χ1) is 11.8. The molecule has 0 unspecified atom stereocenters. The molecule has 0 atom stereocenters. The summed E-state index contributed by atoms with van der Waals surface area (Å²) in [5.41, 5.74) is 1.91. The van der Waals surface area contributed by atoms with Crippen LogP contribution >= 0.6 is 0 Å². The van der Waals surface area contributed by atoms with E-state index in [4.69, 9.17) is 9.47 Å². The van der Waals surface area contributed by atoms with Crippen LogP contribution in [0.5, 0.6) is 11.5 Å². The molecule has 1 aromatic heterocycles. The van der Waals surface area contributed by atoms with Crippen LogP contribution in [0.15, 0.2) is 60.8 Å². The molecule has 1 aliphatic heterocycles. The maximum Gasteiger partial charge on any atom is 0.231 e. The van der Waals surface area contributed by atoms with E-state index in [0.717, 1.165) is 28.7 Å². The molecule has 0 amide bonds. The minimum absolute atomic E-state index is 0.257. The minimum atomic E-state index is 0.257. The highest BCUT2D eigenvalue weighted by molar-refractivity contribution is 5.63. The summed E-state index contributed by atoms with van der Waals surface area (Å²) in [5.74, 6) is 2.80. The summed E-state index contributed by atoms with van der Waals surface area (Å²) in [6, 6.07) is 17.6. The topological polar surface area (TPSA) is 59.5 Å². The number of anilines is 4. The van der Waals surface area contributed by atoms with E-state index in [9.17, 15) is 0 Å². The normalized spacial score (nSPS) is 12.0. The first kappa shape index (κ1) is 14.3. The van der Waals surface area contributed by atoms with Gasteiger partial charge < -0.3 is 19.7 Å². The van der Waals surface area contributed by atoms with Crippen LogP contribution < -0.4 is 19.7 Å². The van der Waals surface area contributed by atoms with Gasteiger partial charge >= 0.3 is 0 Å². The van der Waals surface area contributed by atoms with Crippen molar-refractivity contribution in [2.24, 2.45) is 0 Å². The average molecular weight is 320 g/mol. The second-order valence-corrected chi connectivity index (χ2v) is 5.33. The molecule has 1 N–H and O–H groups in total. The fourth-order valence-corrected chi connectivity index (χ4v) is 2.48. The van der Waals surface area contributed by atoms with Crippen LogP contribution in [-0.4, -0.2) is 23.8 Å². The Morgan fingerprint density at radius 2 is 1.83 bits per heavy atom. The van der Waals surface area contributed by atoms with Gasteiger partial charge in [-0.1, -0.05) is 18.2 Å². The Labute approximate surface area is 139 Å². The zero-order valence-electron chi connectivity index (χ0n) is 13.1. The van der Waals surface area contributed by atoms with Gasteiger partial charge in [0.15, 0.2) is 11.5 Å². The van der Waals surface area contributed by atoms with Crippen molar-refractivity contribution in [2.45, 2.75) is 0 Å². The van der Waals surface area contributed by atoms with Gasteiger partial charge in [-0.15, -0.1) is 0 Å². The summed E-state index contributed by atoms with van der Waals surface area (Å²) >= 11 is 0. The van der Waals surface area contributed by atoms with Crippen molar-refractivity contribution in [1.82, 2.24) is 9.97 Å². The van der Waals surface area contributed by atoms with Gasteiger partial charge in [0.05, 0.1) is 0 Å². The molecule has 4 rings (SSSR count). The molecule has 0 bridgehead atoms. The molecule has 120 valence electrons. The molecule has 24 heavy (non-hydrogen) atoms. The molecule has 0 saturated carbocycles. The lowest BCUT2D eigenvalue weighted by Gasteiger charge is -2.18. The molecule has 2 aromatic carbocycles. The zero-order valence-corrected chi connectivity index (χ0v) is 13.1. The van der Waals surface area contributed by atoms with Gasteiger partial charge in [0.1, 0.15) is 5.82 Å². The van der Waals surface area contributed by atoms with E-state index < -0.39 is 0 Å².